The summed E-state index contributed by atoms with van der Waals surface area (Å²) in [6.45, 7) is 6.74. The van der Waals surface area contributed by atoms with Crippen LogP contribution < -0.4 is 14.8 Å². The number of aromatic nitrogens is 2. The third-order valence-corrected chi connectivity index (χ3v) is 5.78. The summed E-state index contributed by atoms with van der Waals surface area (Å²) in [6, 6.07) is 7.55. The fraction of sp³-hybridized carbons (Fsp3) is 0.350. The number of para-hydroxylation sites is 2. The van der Waals surface area contributed by atoms with Gasteiger partial charge in [-0.3, -0.25) is 4.79 Å². The van der Waals surface area contributed by atoms with Gasteiger partial charge in [-0.2, -0.15) is 0 Å². The number of carbonyl (C=O) groups excluding carboxylic acids is 1. The maximum atomic E-state index is 12.7. The van der Waals surface area contributed by atoms with Crippen LogP contribution >= 0.6 is 11.3 Å². The molecule has 27 heavy (non-hydrogen) atoms. The van der Waals surface area contributed by atoms with Gasteiger partial charge in [-0.1, -0.05) is 19.1 Å². The number of nitrogens with zero attached hydrogens (tertiary/aromatic N) is 2. The van der Waals surface area contributed by atoms with E-state index in [1.807, 2.05) is 45.0 Å². The van der Waals surface area contributed by atoms with E-state index in [-0.39, 0.29) is 12.0 Å². The number of amides is 1. The summed E-state index contributed by atoms with van der Waals surface area (Å²) in [7, 11) is 0. The van der Waals surface area contributed by atoms with E-state index in [9.17, 15) is 4.79 Å². The number of hydrogen-bond donors (Lipinski definition) is 1. The van der Waals surface area contributed by atoms with Crippen LogP contribution in [0.1, 0.15) is 33.7 Å². The van der Waals surface area contributed by atoms with Gasteiger partial charge in [-0.15, -0.1) is 11.3 Å². The van der Waals surface area contributed by atoms with Crippen molar-refractivity contribution in [1.29, 1.82) is 0 Å². The third kappa shape index (κ3) is 3.35. The van der Waals surface area contributed by atoms with Gasteiger partial charge in [0.15, 0.2) is 11.5 Å². The molecule has 7 heteroatoms. The molecule has 0 spiro atoms. The van der Waals surface area contributed by atoms with E-state index in [1.54, 1.807) is 0 Å². The van der Waals surface area contributed by atoms with Crippen molar-refractivity contribution in [2.45, 2.75) is 33.3 Å². The average molecular weight is 383 g/mol. The molecule has 3 heterocycles. The molecule has 0 radical (unpaired) electrons. The van der Waals surface area contributed by atoms with Crippen molar-refractivity contribution >= 4 is 27.5 Å². The van der Waals surface area contributed by atoms with Gasteiger partial charge in [0.1, 0.15) is 23.4 Å². The van der Waals surface area contributed by atoms with Crippen molar-refractivity contribution in [1.82, 2.24) is 15.3 Å². The molecule has 1 aliphatic rings. The summed E-state index contributed by atoms with van der Waals surface area (Å²) in [5.74, 6) is 2.13. The van der Waals surface area contributed by atoms with Crippen LogP contribution in [0.5, 0.6) is 11.5 Å². The predicted molar refractivity (Wildman–Crippen MR) is 105 cm³/mol. The van der Waals surface area contributed by atoms with Gasteiger partial charge in [0.2, 0.25) is 0 Å². The highest BCUT2D eigenvalue weighted by molar-refractivity contribution is 7.20. The molecule has 0 saturated carbocycles. The van der Waals surface area contributed by atoms with E-state index in [0.717, 1.165) is 39.5 Å². The normalized spacial score (nSPS) is 15.7. The van der Waals surface area contributed by atoms with Gasteiger partial charge in [0, 0.05) is 17.5 Å². The summed E-state index contributed by atoms with van der Waals surface area (Å²) in [5.41, 5.74) is 1.85. The number of ether oxygens (including phenoxy) is 2. The van der Waals surface area contributed by atoms with Crippen LogP contribution in [0.25, 0.3) is 10.2 Å². The molecular weight excluding hydrogens is 362 g/mol. The highest BCUT2D eigenvalue weighted by Crippen LogP contribution is 2.32. The zero-order valence-corrected chi connectivity index (χ0v) is 16.4. The van der Waals surface area contributed by atoms with Crippen LogP contribution in [-0.4, -0.2) is 35.1 Å². The number of thiophene rings is 1. The average Bonchev–Trinajstić information content (AvgIpc) is 3.02. The first kappa shape index (κ1) is 17.7. The zero-order valence-electron chi connectivity index (χ0n) is 15.5. The maximum Gasteiger partial charge on any atom is 0.261 e. The van der Waals surface area contributed by atoms with Crippen LogP contribution in [0.15, 0.2) is 24.3 Å². The highest BCUT2D eigenvalue weighted by Gasteiger charge is 2.23. The Labute approximate surface area is 161 Å². The van der Waals surface area contributed by atoms with Gasteiger partial charge in [-0.05, 0) is 31.5 Å². The van der Waals surface area contributed by atoms with Crippen LogP contribution in [0.2, 0.25) is 0 Å². The molecular formula is C20H21N3O3S. The monoisotopic (exact) mass is 383 g/mol. The zero-order chi connectivity index (χ0) is 19.0. The fourth-order valence-electron chi connectivity index (χ4n) is 3.22. The predicted octanol–water partition coefficient (Wildman–Crippen LogP) is 3.44. The summed E-state index contributed by atoms with van der Waals surface area (Å²) in [6.07, 6.45) is 0.558. The molecule has 2 aromatic heterocycles. The Morgan fingerprint density at radius 2 is 2.04 bits per heavy atom. The smallest absolute Gasteiger partial charge is 0.261 e. The maximum absolute atomic E-state index is 12.7. The number of hydrogen-bond acceptors (Lipinski definition) is 6. The Kier molecular flexibility index (Phi) is 4.70. The third-order valence-electron chi connectivity index (χ3n) is 4.60. The lowest BCUT2D eigenvalue weighted by atomic mass is 10.1. The summed E-state index contributed by atoms with van der Waals surface area (Å²) in [4.78, 5) is 23.4. The first-order valence-electron chi connectivity index (χ1n) is 9.00. The lowest BCUT2D eigenvalue weighted by Gasteiger charge is -2.26. The Hall–Kier alpha value is -2.67. The molecule has 140 valence electrons. The van der Waals surface area contributed by atoms with E-state index < -0.39 is 0 Å². The minimum atomic E-state index is -0.216. The van der Waals surface area contributed by atoms with E-state index >= 15 is 0 Å². The summed E-state index contributed by atoms with van der Waals surface area (Å²) < 4.78 is 11.6. The second kappa shape index (κ2) is 7.15. The van der Waals surface area contributed by atoms with E-state index in [0.29, 0.717) is 23.8 Å². The lowest BCUT2D eigenvalue weighted by Crippen LogP contribution is -2.40. The Bertz CT molecular complexity index is 1020. The van der Waals surface area contributed by atoms with Crippen LogP contribution in [0, 0.1) is 13.8 Å². The molecule has 0 unspecified atom stereocenters. The summed E-state index contributed by atoms with van der Waals surface area (Å²) >= 11 is 1.42. The number of rotatable bonds is 4. The van der Waals surface area contributed by atoms with Crippen LogP contribution in [-0.2, 0) is 6.42 Å². The summed E-state index contributed by atoms with van der Waals surface area (Å²) in [5, 5.41) is 3.95. The highest BCUT2D eigenvalue weighted by atomic mass is 32.1. The van der Waals surface area contributed by atoms with E-state index in [1.165, 1.54) is 11.3 Å². The minimum absolute atomic E-state index is 0.115. The van der Waals surface area contributed by atoms with Crippen molar-refractivity contribution in [3.8, 4) is 11.5 Å². The Morgan fingerprint density at radius 3 is 2.81 bits per heavy atom. The number of benzene rings is 1. The van der Waals surface area contributed by atoms with Gasteiger partial charge >= 0.3 is 0 Å². The molecule has 3 aromatic rings. The Morgan fingerprint density at radius 1 is 1.26 bits per heavy atom. The molecule has 0 fully saturated rings. The van der Waals surface area contributed by atoms with E-state index in [4.69, 9.17) is 9.47 Å². The fourth-order valence-corrected chi connectivity index (χ4v) is 4.39. The van der Waals surface area contributed by atoms with Crippen molar-refractivity contribution in [3.05, 3.63) is 46.2 Å². The molecule has 1 N–H and O–H groups in total. The van der Waals surface area contributed by atoms with Crippen LogP contribution in [0.4, 0.5) is 0 Å². The van der Waals surface area contributed by atoms with Crippen molar-refractivity contribution < 1.29 is 14.3 Å². The standard InChI is InChI=1S/C20H21N3O3S/c1-4-16-22-12(3)17-11(2)18(27-20(17)23-16)19(24)21-9-13-10-25-14-7-5-6-8-15(14)26-13/h5-8,13H,4,9-10H2,1-3H3,(H,21,24)/t13-/m1/s1. The quantitative estimate of drug-likeness (QED) is 0.747. The first-order valence-corrected chi connectivity index (χ1v) is 9.81. The number of fused-ring (bicyclic) bond motifs is 2. The SMILES string of the molecule is CCc1nc(C)c2c(C)c(C(=O)NC[C@@H]3COc4ccccc4O3)sc2n1. The molecule has 1 aromatic carbocycles. The molecule has 4 rings (SSSR count). The first-order chi connectivity index (χ1) is 13.1. The number of aryl methyl sites for hydroxylation is 3. The minimum Gasteiger partial charge on any atom is -0.486 e. The number of nitrogens with one attached hydrogen (secondary N) is 1. The van der Waals surface area contributed by atoms with Crippen molar-refractivity contribution in [2.75, 3.05) is 13.2 Å². The lowest BCUT2D eigenvalue weighted by molar-refractivity contribution is 0.0791. The topological polar surface area (TPSA) is 73.3 Å². The van der Waals surface area contributed by atoms with Crippen molar-refractivity contribution in [3.63, 3.8) is 0 Å². The number of carbonyl (C=O) groups is 1. The molecule has 0 aliphatic carbocycles. The van der Waals surface area contributed by atoms with Crippen LogP contribution in [0.3, 0.4) is 0 Å². The van der Waals surface area contributed by atoms with Crippen molar-refractivity contribution in [2.24, 2.45) is 0 Å². The van der Waals surface area contributed by atoms with Gasteiger partial charge in [-0.25, -0.2) is 9.97 Å². The molecule has 6 nitrogen and oxygen atoms in total. The molecule has 1 amide bonds. The molecule has 1 atom stereocenters. The Balaban J connectivity index is 1.49. The second-order valence-corrected chi connectivity index (χ2v) is 7.52. The second-order valence-electron chi connectivity index (χ2n) is 6.52. The van der Waals surface area contributed by atoms with Gasteiger partial charge in [0.05, 0.1) is 11.4 Å². The molecule has 0 bridgehead atoms. The largest absolute Gasteiger partial charge is 0.486 e. The molecule has 1 aliphatic heterocycles. The molecule has 0 saturated heterocycles. The van der Waals surface area contributed by atoms with Gasteiger partial charge in [0.25, 0.3) is 5.91 Å². The van der Waals surface area contributed by atoms with Gasteiger partial charge < -0.3 is 14.8 Å². The van der Waals surface area contributed by atoms with E-state index in [2.05, 4.69) is 15.3 Å².